The minimum Gasteiger partial charge on any atom is -0.497 e. The number of nitrogens with zero attached hydrogens (tertiary/aromatic N) is 3. The fraction of sp³-hybridized carbons (Fsp3) is 0.529. The predicted octanol–water partition coefficient (Wildman–Crippen LogP) is 2.63. The Labute approximate surface area is 128 Å². The summed E-state index contributed by atoms with van der Waals surface area (Å²) >= 11 is 0. The average molecular weight is 289 g/mol. The van der Waals surface area contributed by atoms with Crippen LogP contribution < -0.4 is 9.64 Å². The fourth-order valence-electron chi connectivity index (χ4n) is 2.77. The van der Waals surface area contributed by atoms with Gasteiger partial charge in [0.1, 0.15) is 11.6 Å². The molecule has 0 amide bonds. The molecule has 0 saturated carbocycles. The number of hydrogen-bond acceptors (Lipinski definition) is 4. The Balaban J connectivity index is 2.04. The smallest absolute Gasteiger partial charge is 0.119 e. The number of rotatable bonds is 6. The summed E-state index contributed by atoms with van der Waals surface area (Å²) in [5, 5.41) is 0. The van der Waals surface area contributed by atoms with Gasteiger partial charge in [0.2, 0.25) is 0 Å². The molecule has 4 nitrogen and oxygen atoms in total. The summed E-state index contributed by atoms with van der Waals surface area (Å²) in [4.78, 5) is 7.13. The lowest BCUT2D eigenvalue weighted by atomic mass is 10.2. The molecule has 0 unspecified atom stereocenters. The second-order valence-corrected chi connectivity index (χ2v) is 5.28. The van der Waals surface area contributed by atoms with Crippen LogP contribution in [-0.2, 0) is 0 Å². The summed E-state index contributed by atoms with van der Waals surface area (Å²) in [7, 11) is 1.69. The Hall–Kier alpha value is -1.68. The first-order chi connectivity index (χ1) is 10.2. The Morgan fingerprint density at radius 3 is 2.24 bits per heavy atom. The molecule has 116 valence electrons. The SMILES string of the molecule is C=C(N1CCN(CC)CC1)N(CC)c1ccc(OC)cc1. The molecule has 0 bridgehead atoms. The van der Waals surface area contributed by atoms with Crippen LogP contribution in [-0.4, -0.2) is 56.2 Å². The molecule has 1 aromatic rings. The van der Waals surface area contributed by atoms with Crippen LogP contribution in [0.25, 0.3) is 0 Å². The van der Waals surface area contributed by atoms with E-state index in [1.165, 1.54) is 5.69 Å². The van der Waals surface area contributed by atoms with E-state index in [4.69, 9.17) is 4.74 Å². The van der Waals surface area contributed by atoms with Crippen molar-refractivity contribution in [1.82, 2.24) is 9.80 Å². The first-order valence-corrected chi connectivity index (χ1v) is 7.77. The quantitative estimate of drug-likeness (QED) is 0.801. The van der Waals surface area contributed by atoms with E-state index in [9.17, 15) is 0 Å². The third-order valence-corrected chi connectivity index (χ3v) is 4.20. The zero-order valence-electron chi connectivity index (χ0n) is 13.5. The normalized spacial score (nSPS) is 15.9. The van der Waals surface area contributed by atoms with E-state index in [1.54, 1.807) is 7.11 Å². The molecule has 0 aliphatic carbocycles. The van der Waals surface area contributed by atoms with Crippen LogP contribution in [0.15, 0.2) is 36.7 Å². The van der Waals surface area contributed by atoms with Crippen LogP contribution in [0, 0.1) is 0 Å². The second kappa shape index (κ2) is 7.36. The largest absolute Gasteiger partial charge is 0.497 e. The van der Waals surface area contributed by atoms with Gasteiger partial charge in [-0.2, -0.15) is 0 Å². The molecule has 1 heterocycles. The highest BCUT2D eigenvalue weighted by molar-refractivity contribution is 5.53. The lowest BCUT2D eigenvalue weighted by Crippen LogP contribution is -2.48. The van der Waals surface area contributed by atoms with E-state index in [-0.39, 0.29) is 0 Å². The van der Waals surface area contributed by atoms with Crippen molar-refractivity contribution >= 4 is 5.69 Å². The van der Waals surface area contributed by atoms with E-state index in [1.807, 2.05) is 12.1 Å². The van der Waals surface area contributed by atoms with Gasteiger partial charge in [-0.05, 0) is 37.7 Å². The molecule has 0 N–H and O–H groups in total. The molecular formula is C17H27N3O. The molecule has 0 radical (unpaired) electrons. The molecule has 1 fully saturated rings. The molecule has 0 aromatic heterocycles. The number of benzene rings is 1. The van der Waals surface area contributed by atoms with Gasteiger partial charge in [0.15, 0.2) is 0 Å². The monoisotopic (exact) mass is 289 g/mol. The second-order valence-electron chi connectivity index (χ2n) is 5.28. The van der Waals surface area contributed by atoms with Crippen LogP contribution in [0.4, 0.5) is 5.69 Å². The maximum Gasteiger partial charge on any atom is 0.119 e. The molecule has 0 spiro atoms. The molecule has 1 aliphatic heterocycles. The summed E-state index contributed by atoms with van der Waals surface area (Å²) in [6.07, 6.45) is 0. The fourth-order valence-corrected chi connectivity index (χ4v) is 2.77. The van der Waals surface area contributed by atoms with Gasteiger partial charge in [0.25, 0.3) is 0 Å². The Kier molecular flexibility index (Phi) is 5.51. The Morgan fingerprint density at radius 1 is 1.14 bits per heavy atom. The van der Waals surface area contributed by atoms with Gasteiger partial charge in [-0.3, -0.25) is 0 Å². The van der Waals surface area contributed by atoms with E-state index < -0.39 is 0 Å². The topological polar surface area (TPSA) is 19.0 Å². The van der Waals surface area contributed by atoms with Crippen molar-refractivity contribution in [1.29, 1.82) is 0 Å². The van der Waals surface area contributed by atoms with Crippen LogP contribution in [0.3, 0.4) is 0 Å². The van der Waals surface area contributed by atoms with E-state index in [0.717, 1.165) is 50.8 Å². The average Bonchev–Trinajstić information content (AvgIpc) is 2.56. The maximum atomic E-state index is 5.23. The van der Waals surface area contributed by atoms with Gasteiger partial charge >= 0.3 is 0 Å². The highest BCUT2D eigenvalue weighted by Gasteiger charge is 2.20. The molecule has 21 heavy (non-hydrogen) atoms. The third kappa shape index (κ3) is 3.70. The van der Waals surface area contributed by atoms with Crippen molar-refractivity contribution in [2.75, 3.05) is 51.3 Å². The standard InChI is InChI=1S/C17H27N3O/c1-5-18-11-13-19(14-12-18)15(3)20(6-2)16-7-9-17(21-4)10-8-16/h7-10H,3,5-6,11-14H2,1-2,4H3. The van der Waals surface area contributed by atoms with Crippen molar-refractivity contribution < 1.29 is 4.74 Å². The van der Waals surface area contributed by atoms with E-state index >= 15 is 0 Å². The highest BCUT2D eigenvalue weighted by Crippen LogP contribution is 2.24. The van der Waals surface area contributed by atoms with Gasteiger partial charge in [0.05, 0.1) is 7.11 Å². The third-order valence-electron chi connectivity index (χ3n) is 4.20. The number of ether oxygens (including phenoxy) is 1. The van der Waals surface area contributed by atoms with Crippen molar-refractivity contribution in [2.24, 2.45) is 0 Å². The summed E-state index contributed by atoms with van der Waals surface area (Å²) < 4.78 is 5.23. The number of likely N-dealkylation sites (N-methyl/N-ethyl adjacent to an activating group) is 1. The number of methoxy groups -OCH3 is 1. The predicted molar refractivity (Wildman–Crippen MR) is 88.8 cm³/mol. The lowest BCUT2D eigenvalue weighted by Gasteiger charge is -2.40. The Morgan fingerprint density at radius 2 is 1.76 bits per heavy atom. The number of hydrogen-bond donors (Lipinski definition) is 0. The van der Waals surface area contributed by atoms with Crippen LogP contribution in [0.1, 0.15) is 13.8 Å². The van der Waals surface area contributed by atoms with Crippen molar-refractivity contribution in [3.63, 3.8) is 0 Å². The zero-order valence-corrected chi connectivity index (χ0v) is 13.5. The first-order valence-electron chi connectivity index (χ1n) is 7.77. The number of anilines is 1. The molecule has 2 rings (SSSR count). The van der Waals surface area contributed by atoms with Crippen LogP contribution in [0.5, 0.6) is 5.75 Å². The summed E-state index contributed by atoms with van der Waals surface area (Å²) in [5.41, 5.74) is 1.17. The van der Waals surface area contributed by atoms with Crippen LogP contribution in [0.2, 0.25) is 0 Å². The highest BCUT2D eigenvalue weighted by atomic mass is 16.5. The summed E-state index contributed by atoms with van der Waals surface area (Å²) in [6, 6.07) is 8.19. The molecule has 1 aromatic carbocycles. The van der Waals surface area contributed by atoms with Gasteiger partial charge in [-0.1, -0.05) is 13.5 Å². The van der Waals surface area contributed by atoms with Gasteiger partial charge in [-0.15, -0.1) is 0 Å². The summed E-state index contributed by atoms with van der Waals surface area (Å²) in [6.45, 7) is 15.1. The van der Waals surface area contributed by atoms with Crippen molar-refractivity contribution in [3.05, 3.63) is 36.7 Å². The van der Waals surface area contributed by atoms with Crippen LogP contribution >= 0.6 is 0 Å². The van der Waals surface area contributed by atoms with E-state index in [2.05, 4.69) is 47.3 Å². The van der Waals surface area contributed by atoms with Gasteiger partial charge < -0.3 is 19.4 Å². The summed E-state index contributed by atoms with van der Waals surface area (Å²) in [5.74, 6) is 1.98. The minimum absolute atomic E-state index is 0.886. The molecular weight excluding hydrogens is 262 g/mol. The van der Waals surface area contributed by atoms with E-state index in [0.29, 0.717) is 0 Å². The zero-order chi connectivity index (χ0) is 15.2. The van der Waals surface area contributed by atoms with Gasteiger partial charge in [0, 0.05) is 38.4 Å². The van der Waals surface area contributed by atoms with Gasteiger partial charge in [-0.25, -0.2) is 0 Å². The minimum atomic E-state index is 0.886. The Bertz CT molecular complexity index is 450. The maximum absolute atomic E-state index is 5.23. The molecule has 1 aliphatic rings. The van der Waals surface area contributed by atoms with Crippen molar-refractivity contribution in [2.45, 2.75) is 13.8 Å². The molecule has 1 saturated heterocycles. The number of piperazine rings is 1. The molecule has 4 heteroatoms. The molecule has 0 atom stereocenters. The first kappa shape index (κ1) is 15.7. The van der Waals surface area contributed by atoms with Crippen molar-refractivity contribution in [3.8, 4) is 5.75 Å². The lowest BCUT2D eigenvalue weighted by molar-refractivity contribution is 0.163.